The molecular formula is C27H28ClFN4O3. The first-order chi connectivity index (χ1) is 17.3. The van der Waals surface area contributed by atoms with Gasteiger partial charge in [0.2, 0.25) is 0 Å². The van der Waals surface area contributed by atoms with Crippen LogP contribution in [0.3, 0.4) is 0 Å². The molecule has 36 heavy (non-hydrogen) atoms. The molecular weight excluding hydrogens is 483 g/mol. The fourth-order valence-corrected chi connectivity index (χ4v) is 5.35. The summed E-state index contributed by atoms with van der Waals surface area (Å²) in [5.74, 6) is 0.250. The third-order valence-corrected chi connectivity index (χ3v) is 7.18. The smallest absolute Gasteiger partial charge is 0.182 e. The van der Waals surface area contributed by atoms with Crippen molar-refractivity contribution >= 4 is 17.3 Å². The van der Waals surface area contributed by atoms with Gasteiger partial charge in [-0.25, -0.2) is 9.37 Å². The molecule has 0 bridgehead atoms. The predicted molar refractivity (Wildman–Crippen MR) is 136 cm³/mol. The molecule has 0 aliphatic carbocycles. The molecule has 2 aliphatic rings. The Balaban J connectivity index is 1.39. The highest BCUT2D eigenvalue weighted by Crippen LogP contribution is 2.44. The largest absolute Gasteiger partial charge is 0.495 e. The fraction of sp³-hybridized carbons (Fsp3) is 0.333. The maximum atomic E-state index is 14.1. The molecule has 1 fully saturated rings. The number of likely N-dealkylation sites (tertiary alicyclic amines) is 1. The van der Waals surface area contributed by atoms with Crippen LogP contribution in [0.25, 0.3) is 5.69 Å². The molecule has 1 N–H and O–H groups in total. The van der Waals surface area contributed by atoms with Crippen molar-refractivity contribution in [3.63, 3.8) is 0 Å². The van der Waals surface area contributed by atoms with Crippen LogP contribution < -0.4 is 4.74 Å². The quantitative estimate of drug-likeness (QED) is 0.494. The van der Waals surface area contributed by atoms with Gasteiger partial charge in [0.05, 0.1) is 48.9 Å². The zero-order valence-electron chi connectivity index (χ0n) is 20.2. The van der Waals surface area contributed by atoms with Crippen LogP contribution in [0.5, 0.6) is 5.75 Å². The molecule has 3 heterocycles. The third-order valence-electron chi connectivity index (χ3n) is 6.96. The van der Waals surface area contributed by atoms with Gasteiger partial charge in [-0.2, -0.15) is 0 Å². The summed E-state index contributed by atoms with van der Waals surface area (Å²) in [6.07, 6.45) is 5.76. The van der Waals surface area contributed by atoms with E-state index in [1.165, 1.54) is 12.1 Å². The second-order valence-electron chi connectivity index (χ2n) is 9.25. The van der Waals surface area contributed by atoms with Crippen LogP contribution in [0.1, 0.15) is 42.1 Å². The van der Waals surface area contributed by atoms with Crippen molar-refractivity contribution < 1.29 is 19.1 Å². The molecule has 2 unspecified atom stereocenters. The molecule has 9 heteroatoms. The van der Waals surface area contributed by atoms with E-state index in [1.807, 2.05) is 40.8 Å². The molecule has 2 atom stereocenters. The lowest BCUT2D eigenvalue weighted by molar-refractivity contribution is -0.0447. The number of aliphatic hydroxyl groups excluding tert-OH is 1. The van der Waals surface area contributed by atoms with E-state index < -0.39 is 17.5 Å². The normalized spacial score (nSPS) is 20.4. The summed E-state index contributed by atoms with van der Waals surface area (Å²) in [5, 5.41) is 15.0. The summed E-state index contributed by atoms with van der Waals surface area (Å²) in [4.78, 5) is 12.4. The number of hydrogen-bond donors (Lipinski definition) is 1. The Morgan fingerprint density at radius 2 is 2.14 bits per heavy atom. The Morgan fingerprint density at radius 3 is 2.83 bits per heavy atom. The maximum Gasteiger partial charge on any atom is 0.182 e. The van der Waals surface area contributed by atoms with Crippen molar-refractivity contribution in [2.75, 3.05) is 20.3 Å². The zero-order valence-corrected chi connectivity index (χ0v) is 21.0. The zero-order chi connectivity index (χ0) is 25.4. The van der Waals surface area contributed by atoms with Crippen LogP contribution in [0.2, 0.25) is 5.02 Å². The third kappa shape index (κ3) is 4.35. The lowest BCUT2D eigenvalue weighted by Crippen LogP contribution is -2.47. The van der Waals surface area contributed by atoms with E-state index in [0.29, 0.717) is 30.0 Å². The highest BCUT2D eigenvalue weighted by Gasteiger charge is 2.48. The van der Waals surface area contributed by atoms with Crippen molar-refractivity contribution in [2.45, 2.75) is 37.8 Å². The van der Waals surface area contributed by atoms with Crippen LogP contribution in [0, 0.1) is 12.7 Å². The molecule has 0 amide bonds. The summed E-state index contributed by atoms with van der Waals surface area (Å²) in [7, 11) is 1.63. The number of imidazole rings is 1. The summed E-state index contributed by atoms with van der Waals surface area (Å²) >= 11 is 6.09. The number of aryl methyl sites for hydroxylation is 1. The fourth-order valence-electron chi connectivity index (χ4n) is 5.12. The summed E-state index contributed by atoms with van der Waals surface area (Å²) in [6.45, 7) is 6.72. The van der Waals surface area contributed by atoms with Crippen LogP contribution in [-0.4, -0.2) is 51.1 Å². The number of methoxy groups -OCH3 is 1. The Hall–Kier alpha value is -3.36. The highest BCUT2D eigenvalue weighted by atomic mass is 35.5. The van der Waals surface area contributed by atoms with Gasteiger partial charge in [-0.3, -0.25) is 0 Å². The Labute approximate surface area is 214 Å². The number of nitrogens with zero attached hydrogens (tertiary/aromatic N) is 4. The van der Waals surface area contributed by atoms with E-state index in [1.54, 1.807) is 19.5 Å². The van der Waals surface area contributed by atoms with Gasteiger partial charge in [0.15, 0.2) is 5.60 Å². The summed E-state index contributed by atoms with van der Waals surface area (Å²) < 4.78 is 21.6. The average Bonchev–Trinajstić information content (AvgIpc) is 3.48. The van der Waals surface area contributed by atoms with E-state index >= 15 is 0 Å². The van der Waals surface area contributed by atoms with Crippen molar-refractivity contribution in [1.29, 1.82) is 0 Å². The molecule has 7 nitrogen and oxygen atoms in total. The van der Waals surface area contributed by atoms with Gasteiger partial charge in [-0.15, -0.1) is 0 Å². The summed E-state index contributed by atoms with van der Waals surface area (Å²) in [5.41, 5.74) is 4.05. The van der Waals surface area contributed by atoms with E-state index in [-0.39, 0.29) is 11.6 Å². The lowest BCUT2D eigenvalue weighted by Gasteiger charge is -2.45. The number of aliphatic hydroxyl groups is 1. The van der Waals surface area contributed by atoms with Crippen LogP contribution >= 0.6 is 11.6 Å². The molecule has 2 aliphatic heterocycles. The van der Waals surface area contributed by atoms with E-state index in [0.717, 1.165) is 35.5 Å². The highest BCUT2D eigenvalue weighted by molar-refractivity contribution is 6.30. The van der Waals surface area contributed by atoms with Crippen molar-refractivity contribution in [2.24, 2.45) is 5.16 Å². The number of ether oxygens (including phenoxy) is 1. The van der Waals surface area contributed by atoms with Gasteiger partial charge < -0.3 is 24.1 Å². The van der Waals surface area contributed by atoms with Crippen molar-refractivity contribution in [1.82, 2.24) is 14.5 Å². The van der Waals surface area contributed by atoms with Gasteiger partial charge in [-0.05, 0) is 55.7 Å². The SMILES string of the molecule is C=C1N(C(CO)c2cc(F)cc(Cl)c2)CCCC12CC(c1ccc(-n3cnc(C)c3)c(OC)c1)=NO2. The van der Waals surface area contributed by atoms with E-state index in [9.17, 15) is 9.50 Å². The van der Waals surface area contributed by atoms with Crippen LogP contribution in [0.15, 0.2) is 66.4 Å². The molecule has 2 aromatic carbocycles. The first-order valence-electron chi connectivity index (χ1n) is 11.8. The molecule has 1 spiro atoms. The average molecular weight is 511 g/mol. The number of hydrogen-bond acceptors (Lipinski definition) is 6. The van der Waals surface area contributed by atoms with Crippen LogP contribution in [-0.2, 0) is 4.84 Å². The Kier molecular flexibility index (Phi) is 6.49. The molecule has 0 saturated carbocycles. The number of oxime groups is 1. The Morgan fingerprint density at radius 1 is 1.31 bits per heavy atom. The molecule has 0 radical (unpaired) electrons. The Bertz CT molecular complexity index is 1320. The predicted octanol–water partition coefficient (Wildman–Crippen LogP) is 5.19. The topological polar surface area (TPSA) is 72.1 Å². The molecule has 5 rings (SSSR count). The monoisotopic (exact) mass is 510 g/mol. The van der Waals surface area contributed by atoms with Crippen molar-refractivity contribution in [3.05, 3.63) is 88.9 Å². The van der Waals surface area contributed by atoms with Gasteiger partial charge in [0, 0.05) is 29.7 Å². The summed E-state index contributed by atoms with van der Waals surface area (Å²) in [6, 6.07) is 9.74. The van der Waals surface area contributed by atoms with Gasteiger partial charge >= 0.3 is 0 Å². The first kappa shape index (κ1) is 24.3. The number of rotatable bonds is 6. The number of aromatic nitrogens is 2. The second kappa shape index (κ2) is 9.59. The maximum absolute atomic E-state index is 14.1. The van der Waals surface area contributed by atoms with E-state index in [2.05, 4.69) is 16.7 Å². The van der Waals surface area contributed by atoms with Crippen LogP contribution in [0.4, 0.5) is 4.39 Å². The minimum absolute atomic E-state index is 0.213. The minimum Gasteiger partial charge on any atom is -0.495 e. The second-order valence-corrected chi connectivity index (χ2v) is 9.69. The molecule has 188 valence electrons. The number of halogens is 2. The molecule has 1 aromatic heterocycles. The number of piperidine rings is 1. The lowest BCUT2D eigenvalue weighted by atomic mass is 9.83. The molecule has 1 saturated heterocycles. The van der Waals surface area contributed by atoms with Gasteiger partial charge in [0.25, 0.3) is 0 Å². The number of benzene rings is 2. The first-order valence-corrected chi connectivity index (χ1v) is 12.2. The van der Waals surface area contributed by atoms with Crippen molar-refractivity contribution in [3.8, 4) is 11.4 Å². The van der Waals surface area contributed by atoms with E-state index in [4.69, 9.17) is 21.2 Å². The minimum atomic E-state index is -0.731. The van der Waals surface area contributed by atoms with Gasteiger partial charge in [-0.1, -0.05) is 29.4 Å². The van der Waals surface area contributed by atoms with Gasteiger partial charge in [0.1, 0.15) is 11.6 Å². The standard InChI is InChI=1S/C27H28ClFN4O3/c1-17-14-32(16-30-17)24-6-5-19(11-26(24)35-3)23-13-27(36-31-23)7-4-8-33(18(27)2)25(15-34)20-9-21(28)12-22(29)10-20/h5-6,9-12,14,16,25,34H,2,4,7-8,13,15H2,1,3H3. The molecule has 3 aromatic rings.